The average Bonchev–Trinajstić information content (AvgIpc) is 2.67. The number of anilines is 1. The van der Waals surface area contributed by atoms with Crippen molar-refractivity contribution in [2.75, 3.05) is 31.1 Å². The number of nitrogens with zero attached hydrogens (tertiary/aromatic N) is 4. The van der Waals surface area contributed by atoms with Gasteiger partial charge < -0.3 is 10.0 Å². The Morgan fingerprint density at radius 3 is 2.67 bits per heavy atom. The number of carboxylic acid groups (broad SMARTS) is 1. The van der Waals surface area contributed by atoms with Crippen molar-refractivity contribution >= 4 is 11.9 Å². The third-order valence-corrected chi connectivity index (χ3v) is 5.10. The highest BCUT2D eigenvalue weighted by Crippen LogP contribution is 2.27. The number of aryl methyl sites for hydroxylation is 1. The number of halogens is 1. The van der Waals surface area contributed by atoms with Gasteiger partial charge in [-0.25, -0.2) is 14.4 Å². The number of benzene rings is 1. The third kappa shape index (κ3) is 4.42. The highest BCUT2D eigenvalue weighted by Gasteiger charge is 2.26. The van der Waals surface area contributed by atoms with E-state index in [1.807, 2.05) is 18.7 Å². The summed E-state index contributed by atoms with van der Waals surface area (Å²) in [5.41, 5.74) is 1.92. The molecule has 6 nitrogen and oxygen atoms in total. The number of aliphatic carboxylic acids is 1. The van der Waals surface area contributed by atoms with Gasteiger partial charge in [-0.1, -0.05) is 19.1 Å². The lowest BCUT2D eigenvalue weighted by Crippen LogP contribution is -2.47. The molecule has 7 heteroatoms. The molecule has 1 fully saturated rings. The largest absolute Gasteiger partial charge is 0.480 e. The Kier molecular flexibility index (Phi) is 6.01. The zero-order chi connectivity index (χ0) is 19.4. The van der Waals surface area contributed by atoms with Crippen molar-refractivity contribution in [3.63, 3.8) is 0 Å². The number of hydrogen-bond donors (Lipinski definition) is 1. The first-order valence-electron chi connectivity index (χ1n) is 9.29. The minimum absolute atomic E-state index is 0.0691. The van der Waals surface area contributed by atoms with Crippen LogP contribution in [0.25, 0.3) is 11.3 Å². The van der Waals surface area contributed by atoms with Gasteiger partial charge in [0.15, 0.2) is 0 Å². The van der Waals surface area contributed by atoms with Crippen LogP contribution in [-0.4, -0.2) is 58.2 Å². The lowest BCUT2D eigenvalue weighted by atomic mass is 10.0. The van der Waals surface area contributed by atoms with Gasteiger partial charge in [0.1, 0.15) is 5.82 Å². The number of aromatic nitrogens is 2. The van der Waals surface area contributed by atoms with Gasteiger partial charge >= 0.3 is 5.97 Å². The zero-order valence-corrected chi connectivity index (χ0v) is 15.7. The fourth-order valence-corrected chi connectivity index (χ4v) is 3.61. The normalized spacial score (nSPS) is 15.3. The van der Waals surface area contributed by atoms with Gasteiger partial charge in [0, 0.05) is 30.9 Å². The molecule has 0 bridgehead atoms. The Bertz CT molecular complexity index is 806. The molecule has 0 unspecified atom stereocenters. The molecule has 3 rings (SSSR count). The summed E-state index contributed by atoms with van der Waals surface area (Å²) in [5.74, 6) is -0.495. The SMILES string of the molecule is CCN(CC(=O)O)C1CCN(c2ncc(C)c(-c3ccccc3F)n2)CC1. The minimum atomic E-state index is -0.796. The van der Waals surface area contributed by atoms with Crippen molar-refractivity contribution < 1.29 is 14.3 Å². The molecular formula is C20H25FN4O2. The standard InChI is InChI=1S/C20H25FN4O2/c1-3-24(13-18(26)27)15-8-10-25(11-9-15)20-22-12-14(2)19(23-20)16-6-4-5-7-17(16)21/h4-7,12,15H,3,8-11,13H2,1-2H3,(H,26,27). The molecule has 0 atom stereocenters. The fourth-order valence-electron chi connectivity index (χ4n) is 3.61. The second kappa shape index (κ2) is 8.43. The first-order chi connectivity index (χ1) is 13.0. The van der Waals surface area contributed by atoms with Gasteiger partial charge in [-0.3, -0.25) is 9.69 Å². The number of carbonyl (C=O) groups is 1. The number of piperidine rings is 1. The molecule has 0 amide bonds. The molecule has 1 N–H and O–H groups in total. The summed E-state index contributed by atoms with van der Waals surface area (Å²) < 4.78 is 14.2. The molecule has 0 radical (unpaired) electrons. The molecule has 1 aliphatic heterocycles. The van der Waals surface area contributed by atoms with Gasteiger partial charge in [-0.2, -0.15) is 0 Å². The van der Waals surface area contributed by atoms with Crippen molar-refractivity contribution in [2.45, 2.75) is 32.7 Å². The van der Waals surface area contributed by atoms with Crippen molar-refractivity contribution in [1.29, 1.82) is 0 Å². The van der Waals surface area contributed by atoms with E-state index in [0.717, 1.165) is 38.0 Å². The van der Waals surface area contributed by atoms with Crippen molar-refractivity contribution in [2.24, 2.45) is 0 Å². The summed E-state index contributed by atoms with van der Waals surface area (Å²) in [7, 11) is 0. The average molecular weight is 372 g/mol. The van der Waals surface area contributed by atoms with E-state index >= 15 is 0 Å². The smallest absolute Gasteiger partial charge is 0.317 e. The Morgan fingerprint density at radius 2 is 2.04 bits per heavy atom. The van der Waals surface area contributed by atoms with E-state index in [2.05, 4.69) is 14.9 Å². The number of hydrogen-bond acceptors (Lipinski definition) is 5. The first-order valence-corrected chi connectivity index (χ1v) is 9.29. The van der Waals surface area contributed by atoms with Crippen LogP contribution in [0.3, 0.4) is 0 Å². The summed E-state index contributed by atoms with van der Waals surface area (Å²) in [4.78, 5) is 24.2. The van der Waals surface area contributed by atoms with Crippen LogP contribution in [0.4, 0.5) is 10.3 Å². The maximum Gasteiger partial charge on any atom is 0.317 e. The molecule has 2 heterocycles. The highest BCUT2D eigenvalue weighted by atomic mass is 19.1. The van der Waals surface area contributed by atoms with Crippen LogP contribution in [0.5, 0.6) is 0 Å². The summed E-state index contributed by atoms with van der Waals surface area (Å²) in [6.45, 7) is 6.15. The second-order valence-corrected chi connectivity index (χ2v) is 6.86. The van der Waals surface area contributed by atoms with Gasteiger partial charge in [0.05, 0.1) is 12.2 Å². The van der Waals surface area contributed by atoms with E-state index in [0.29, 0.717) is 17.2 Å². The summed E-state index contributed by atoms with van der Waals surface area (Å²) in [5, 5.41) is 9.06. The van der Waals surface area contributed by atoms with Gasteiger partial charge in [-0.15, -0.1) is 0 Å². The summed E-state index contributed by atoms with van der Waals surface area (Å²) >= 11 is 0. The van der Waals surface area contributed by atoms with Crippen molar-refractivity contribution in [1.82, 2.24) is 14.9 Å². The molecule has 0 saturated carbocycles. The van der Waals surface area contributed by atoms with E-state index in [4.69, 9.17) is 5.11 Å². The molecule has 1 aromatic heterocycles. The van der Waals surface area contributed by atoms with Gasteiger partial charge in [-0.05, 0) is 44.0 Å². The Balaban J connectivity index is 1.74. The molecule has 1 aromatic carbocycles. The zero-order valence-electron chi connectivity index (χ0n) is 15.7. The van der Waals surface area contributed by atoms with Crippen LogP contribution in [-0.2, 0) is 4.79 Å². The van der Waals surface area contributed by atoms with Crippen LogP contribution in [0.2, 0.25) is 0 Å². The van der Waals surface area contributed by atoms with E-state index in [1.54, 1.807) is 24.4 Å². The predicted molar refractivity (Wildman–Crippen MR) is 102 cm³/mol. The van der Waals surface area contributed by atoms with Gasteiger partial charge in [0.25, 0.3) is 0 Å². The highest BCUT2D eigenvalue weighted by molar-refractivity contribution is 5.69. The summed E-state index contributed by atoms with van der Waals surface area (Å²) in [6.07, 6.45) is 3.44. The van der Waals surface area contributed by atoms with E-state index in [-0.39, 0.29) is 18.4 Å². The Hall–Kier alpha value is -2.54. The quantitative estimate of drug-likeness (QED) is 0.841. The second-order valence-electron chi connectivity index (χ2n) is 6.86. The van der Waals surface area contributed by atoms with E-state index < -0.39 is 5.97 Å². The lowest BCUT2D eigenvalue weighted by molar-refractivity contribution is -0.139. The van der Waals surface area contributed by atoms with E-state index in [9.17, 15) is 9.18 Å². The predicted octanol–water partition coefficient (Wildman–Crippen LogP) is 2.97. The Morgan fingerprint density at radius 1 is 1.33 bits per heavy atom. The minimum Gasteiger partial charge on any atom is -0.480 e. The summed E-state index contributed by atoms with van der Waals surface area (Å²) in [6, 6.07) is 6.87. The van der Waals surface area contributed by atoms with Crippen molar-refractivity contribution in [3.8, 4) is 11.3 Å². The number of carboxylic acids is 1. The maximum absolute atomic E-state index is 14.2. The van der Waals surface area contributed by atoms with Crippen LogP contribution in [0.1, 0.15) is 25.3 Å². The molecule has 27 heavy (non-hydrogen) atoms. The van der Waals surface area contributed by atoms with E-state index in [1.165, 1.54) is 6.07 Å². The van der Waals surface area contributed by atoms with Crippen LogP contribution >= 0.6 is 0 Å². The molecule has 0 spiro atoms. The molecule has 2 aromatic rings. The van der Waals surface area contributed by atoms with Crippen LogP contribution in [0.15, 0.2) is 30.5 Å². The number of likely N-dealkylation sites (N-methyl/N-ethyl adjacent to an activating group) is 1. The first kappa shape index (κ1) is 19.2. The molecule has 1 aliphatic rings. The number of rotatable bonds is 6. The van der Waals surface area contributed by atoms with Crippen LogP contribution < -0.4 is 4.90 Å². The third-order valence-electron chi connectivity index (χ3n) is 5.10. The fraction of sp³-hybridized carbons (Fsp3) is 0.450. The molecule has 144 valence electrons. The lowest BCUT2D eigenvalue weighted by Gasteiger charge is -2.37. The van der Waals surface area contributed by atoms with Gasteiger partial charge in [0.2, 0.25) is 5.95 Å². The van der Waals surface area contributed by atoms with Crippen molar-refractivity contribution in [3.05, 3.63) is 41.8 Å². The monoisotopic (exact) mass is 372 g/mol. The topological polar surface area (TPSA) is 69.6 Å². The molecular weight excluding hydrogens is 347 g/mol. The maximum atomic E-state index is 14.2. The molecule has 0 aliphatic carbocycles. The van der Waals surface area contributed by atoms with Crippen LogP contribution in [0, 0.1) is 12.7 Å². The molecule has 1 saturated heterocycles. The Labute approximate surface area is 158 Å².